The first kappa shape index (κ1) is 16.9. The van der Waals surface area contributed by atoms with Crippen LogP contribution in [0.25, 0.3) is 0 Å². The van der Waals surface area contributed by atoms with Crippen LogP contribution in [0.2, 0.25) is 0 Å². The van der Waals surface area contributed by atoms with Crippen molar-refractivity contribution in [3.63, 3.8) is 0 Å². The predicted molar refractivity (Wildman–Crippen MR) is 76.6 cm³/mol. The van der Waals surface area contributed by atoms with Crippen molar-refractivity contribution < 1.29 is 14.3 Å². The van der Waals surface area contributed by atoms with Gasteiger partial charge in [-0.25, -0.2) is 0 Å². The molecule has 0 spiro atoms. The van der Waals surface area contributed by atoms with Gasteiger partial charge in [-0.3, -0.25) is 9.78 Å². The van der Waals surface area contributed by atoms with Crippen LogP contribution in [0.4, 0.5) is 0 Å². The van der Waals surface area contributed by atoms with Gasteiger partial charge in [-0.2, -0.15) is 5.26 Å². The molecule has 0 saturated heterocycles. The number of carbonyl (C=O) groups excluding carboxylic acids is 1. The third-order valence-corrected chi connectivity index (χ3v) is 2.52. The fraction of sp³-hybridized carbons (Fsp3) is 0.500. The van der Waals surface area contributed by atoms with E-state index in [2.05, 4.69) is 15.6 Å². The Morgan fingerprint density at radius 3 is 2.95 bits per heavy atom. The molecule has 0 saturated carbocycles. The predicted octanol–water partition coefficient (Wildman–Crippen LogP) is 0.226. The Bertz CT molecular complexity index is 456. The van der Waals surface area contributed by atoms with Crippen LogP contribution in [0.5, 0.6) is 5.75 Å². The van der Waals surface area contributed by atoms with Gasteiger partial charge in [0.25, 0.3) is 5.91 Å². The maximum absolute atomic E-state index is 11.4. The summed E-state index contributed by atoms with van der Waals surface area (Å²) in [5.74, 6) is 0.279. The second-order valence-corrected chi connectivity index (χ2v) is 4.20. The van der Waals surface area contributed by atoms with Gasteiger partial charge in [0, 0.05) is 26.7 Å². The van der Waals surface area contributed by atoms with Gasteiger partial charge in [0.1, 0.15) is 5.75 Å². The third-order valence-electron chi connectivity index (χ3n) is 2.52. The van der Waals surface area contributed by atoms with Crippen LogP contribution in [-0.4, -0.2) is 44.3 Å². The van der Waals surface area contributed by atoms with E-state index >= 15 is 0 Å². The minimum atomic E-state index is -0.254. The number of carbonyl (C=O) groups is 1. The molecule has 1 aromatic rings. The fourth-order valence-electron chi connectivity index (χ4n) is 1.45. The van der Waals surface area contributed by atoms with Gasteiger partial charge in [0.2, 0.25) is 0 Å². The van der Waals surface area contributed by atoms with Gasteiger partial charge in [-0.1, -0.05) is 0 Å². The first-order valence-corrected chi connectivity index (χ1v) is 6.67. The number of methoxy groups -OCH3 is 1. The molecule has 0 aromatic carbocycles. The van der Waals surface area contributed by atoms with Crippen molar-refractivity contribution in [2.45, 2.75) is 13.0 Å². The molecule has 7 heteroatoms. The van der Waals surface area contributed by atoms with E-state index in [4.69, 9.17) is 14.7 Å². The van der Waals surface area contributed by atoms with E-state index < -0.39 is 0 Å². The van der Waals surface area contributed by atoms with E-state index in [9.17, 15) is 4.79 Å². The molecule has 1 heterocycles. The minimum Gasteiger partial charge on any atom is -0.482 e. The zero-order chi connectivity index (χ0) is 15.3. The molecular formula is C14H20N4O3. The highest BCUT2D eigenvalue weighted by atomic mass is 16.5. The summed E-state index contributed by atoms with van der Waals surface area (Å²) in [6.07, 6.45) is 1.87. The smallest absolute Gasteiger partial charge is 0.257 e. The van der Waals surface area contributed by atoms with Crippen LogP contribution < -0.4 is 15.4 Å². The van der Waals surface area contributed by atoms with Crippen LogP contribution in [-0.2, 0) is 16.1 Å². The monoisotopic (exact) mass is 292 g/mol. The summed E-state index contributed by atoms with van der Waals surface area (Å²) in [6.45, 7) is 2.32. The van der Waals surface area contributed by atoms with Crippen LogP contribution in [0.1, 0.15) is 12.1 Å². The third kappa shape index (κ3) is 7.87. The zero-order valence-electron chi connectivity index (χ0n) is 12.1. The zero-order valence-corrected chi connectivity index (χ0v) is 12.1. The van der Waals surface area contributed by atoms with Gasteiger partial charge in [0.15, 0.2) is 6.61 Å². The van der Waals surface area contributed by atoms with Crippen LogP contribution >= 0.6 is 0 Å². The number of ether oxygens (including phenoxy) is 2. The summed E-state index contributed by atoms with van der Waals surface area (Å²) in [7, 11) is 1.66. The summed E-state index contributed by atoms with van der Waals surface area (Å²) < 4.78 is 10.2. The van der Waals surface area contributed by atoms with Crippen LogP contribution in [0.15, 0.2) is 18.3 Å². The average molecular weight is 292 g/mol. The summed E-state index contributed by atoms with van der Waals surface area (Å²) in [4.78, 5) is 15.6. The summed E-state index contributed by atoms with van der Waals surface area (Å²) >= 11 is 0. The van der Waals surface area contributed by atoms with Gasteiger partial charge in [-0.05, 0) is 12.1 Å². The molecular weight excluding hydrogens is 272 g/mol. The van der Waals surface area contributed by atoms with E-state index in [1.165, 1.54) is 0 Å². The van der Waals surface area contributed by atoms with Crippen molar-refractivity contribution in [3.8, 4) is 11.8 Å². The second kappa shape index (κ2) is 10.6. The highest BCUT2D eigenvalue weighted by Crippen LogP contribution is 2.08. The number of amides is 1. The molecule has 1 amide bonds. The van der Waals surface area contributed by atoms with Crippen molar-refractivity contribution in [1.29, 1.82) is 5.26 Å². The lowest BCUT2D eigenvalue weighted by molar-refractivity contribution is -0.123. The fourth-order valence-corrected chi connectivity index (χ4v) is 1.45. The quantitative estimate of drug-likeness (QED) is 0.599. The molecule has 1 aromatic heterocycles. The average Bonchev–Trinajstić information content (AvgIpc) is 2.51. The number of hydrogen-bond acceptors (Lipinski definition) is 6. The lowest BCUT2D eigenvalue weighted by Crippen LogP contribution is -2.29. The number of rotatable bonds is 10. The Hall–Kier alpha value is -2.17. The molecule has 21 heavy (non-hydrogen) atoms. The first-order chi connectivity index (χ1) is 10.3. The number of nitrogens with one attached hydrogen (secondary N) is 2. The normalized spacial score (nSPS) is 9.90. The molecule has 0 atom stereocenters. The molecule has 0 unspecified atom stereocenters. The topological polar surface area (TPSA) is 96.3 Å². The number of pyridine rings is 1. The van der Waals surface area contributed by atoms with Gasteiger partial charge in [-0.15, -0.1) is 0 Å². The van der Waals surface area contributed by atoms with E-state index in [0.717, 1.165) is 12.2 Å². The molecule has 0 aliphatic heterocycles. The first-order valence-electron chi connectivity index (χ1n) is 6.67. The van der Waals surface area contributed by atoms with Crippen molar-refractivity contribution in [2.24, 2.45) is 0 Å². The molecule has 7 nitrogen and oxygen atoms in total. The molecule has 0 fully saturated rings. The largest absolute Gasteiger partial charge is 0.482 e. The molecule has 0 radical (unpaired) electrons. The van der Waals surface area contributed by atoms with E-state index in [-0.39, 0.29) is 18.9 Å². The second-order valence-electron chi connectivity index (χ2n) is 4.20. The Morgan fingerprint density at radius 1 is 1.43 bits per heavy atom. The number of nitriles is 1. The van der Waals surface area contributed by atoms with E-state index in [1.54, 1.807) is 19.4 Å². The Kier molecular flexibility index (Phi) is 8.52. The maximum atomic E-state index is 11.4. The Labute approximate surface area is 124 Å². The van der Waals surface area contributed by atoms with Crippen molar-refractivity contribution >= 4 is 5.91 Å². The minimum absolute atomic E-state index is 0.0848. The molecule has 2 N–H and O–H groups in total. The lowest BCUT2D eigenvalue weighted by atomic mass is 10.3. The Balaban J connectivity index is 2.24. The number of nitrogens with zero attached hydrogens (tertiary/aromatic N) is 2. The molecule has 1 rings (SSSR count). The number of hydrogen-bond donors (Lipinski definition) is 2. The molecule has 0 bridgehead atoms. The van der Waals surface area contributed by atoms with Gasteiger partial charge >= 0.3 is 0 Å². The van der Waals surface area contributed by atoms with Crippen molar-refractivity contribution in [1.82, 2.24) is 15.6 Å². The SMILES string of the molecule is COCCNCc1ccc(OCC(=O)NCCC#N)cn1. The van der Waals surface area contributed by atoms with Crippen molar-refractivity contribution in [3.05, 3.63) is 24.0 Å². The van der Waals surface area contributed by atoms with E-state index in [1.807, 2.05) is 12.1 Å². The van der Waals surface area contributed by atoms with Gasteiger partial charge in [0.05, 0.1) is 31.0 Å². The highest BCUT2D eigenvalue weighted by Gasteiger charge is 2.02. The standard InChI is InChI=1S/C14H20N4O3/c1-20-8-7-16-9-12-3-4-13(10-18-12)21-11-14(19)17-6-2-5-15/h3-4,10,16H,2,6-9,11H2,1H3,(H,17,19). The maximum Gasteiger partial charge on any atom is 0.257 e. The number of aromatic nitrogens is 1. The van der Waals surface area contributed by atoms with E-state index in [0.29, 0.717) is 25.4 Å². The van der Waals surface area contributed by atoms with Crippen LogP contribution in [0.3, 0.4) is 0 Å². The molecule has 114 valence electrons. The van der Waals surface area contributed by atoms with Crippen molar-refractivity contribution in [2.75, 3.05) is 33.4 Å². The molecule has 0 aliphatic rings. The summed E-state index contributed by atoms with van der Waals surface area (Å²) in [5, 5.41) is 14.1. The van der Waals surface area contributed by atoms with Crippen LogP contribution in [0, 0.1) is 11.3 Å². The lowest BCUT2D eigenvalue weighted by Gasteiger charge is -2.07. The molecule has 0 aliphatic carbocycles. The summed E-state index contributed by atoms with van der Waals surface area (Å²) in [5.41, 5.74) is 0.886. The Morgan fingerprint density at radius 2 is 2.29 bits per heavy atom. The summed E-state index contributed by atoms with van der Waals surface area (Å²) in [6, 6.07) is 5.55. The highest BCUT2D eigenvalue weighted by molar-refractivity contribution is 5.77. The van der Waals surface area contributed by atoms with Gasteiger partial charge < -0.3 is 20.1 Å².